The first kappa shape index (κ1) is 27.7. The molecule has 0 radical (unpaired) electrons. The SMILES string of the molecule is CCCNC1Cc2c(F)c3c(c(O)c2NC1=O)C(=O)C1=C(O)[C@]2(O)C(=O)C(C(N)=O)=C(O)[C@@H](NCC)C2C[C@@H]1C3. The van der Waals surface area contributed by atoms with Crippen molar-refractivity contribution in [2.75, 3.05) is 18.4 Å². The highest BCUT2D eigenvalue weighted by molar-refractivity contribution is 6.25. The van der Waals surface area contributed by atoms with E-state index in [0.717, 1.165) is 6.42 Å². The molecule has 1 aromatic rings. The van der Waals surface area contributed by atoms with E-state index in [1.165, 1.54) is 0 Å². The van der Waals surface area contributed by atoms with Crippen LogP contribution < -0.4 is 21.7 Å². The Morgan fingerprint density at radius 1 is 1.12 bits per heavy atom. The minimum atomic E-state index is -2.79. The smallest absolute Gasteiger partial charge is 0.255 e. The predicted octanol–water partition coefficient (Wildman–Crippen LogP) is 0.170. The summed E-state index contributed by atoms with van der Waals surface area (Å²) >= 11 is 0. The maximum atomic E-state index is 16.0. The number of fused-ring (bicyclic) bond motifs is 4. The lowest BCUT2D eigenvalue weighted by atomic mass is 9.58. The summed E-state index contributed by atoms with van der Waals surface area (Å²) in [5, 5.41) is 53.1. The molecule has 0 bridgehead atoms. The van der Waals surface area contributed by atoms with Gasteiger partial charge in [0.1, 0.15) is 22.9 Å². The first-order valence-corrected chi connectivity index (χ1v) is 13.2. The van der Waals surface area contributed by atoms with Gasteiger partial charge in [0.2, 0.25) is 11.7 Å². The Morgan fingerprint density at radius 2 is 1.82 bits per heavy atom. The third-order valence-electron chi connectivity index (χ3n) is 8.44. The molecule has 1 heterocycles. The Labute approximate surface area is 228 Å². The number of rotatable bonds is 6. The van der Waals surface area contributed by atoms with Gasteiger partial charge in [-0.05, 0) is 38.3 Å². The zero-order chi connectivity index (χ0) is 29.3. The molecule has 1 aromatic carbocycles. The van der Waals surface area contributed by atoms with Crippen molar-refractivity contribution < 1.29 is 44.0 Å². The van der Waals surface area contributed by atoms with Crippen LogP contribution in [0.2, 0.25) is 0 Å². The van der Waals surface area contributed by atoms with E-state index in [4.69, 9.17) is 5.73 Å². The lowest BCUT2D eigenvalue weighted by Gasteiger charge is -2.48. The van der Waals surface area contributed by atoms with Crippen LogP contribution in [-0.2, 0) is 27.2 Å². The number of benzene rings is 1. The number of halogens is 1. The molecule has 2 unspecified atom stereocenters. The molecule has 0 spiro atoms. The summed E-state index contributed by atoms with van der Waals surface area (Å²) in [4.78, 5) is 51.7. The maximum Gasteiger partial charge on any atom is 0.255 e. The highest BCUT2D eigenvalue weighted by atomic mass is 19.1. The molecule has 214 valence electrons. The second kappa shape index (κ2) is 9.68. The van der Waals surface area contributed by atoms with Crippen molar-refractivity contribution in [2.24, 2.45) is 17.6 Å². The summed E-state index contributed by atoms with van der Waals surface area (Å²) in [6.07, 6.45) is 0.337. The summed E-state index contributed by atoms with van der Waals surface area (Å²) in [5.41, 5.74) is 0.372. The fourth-order valence-corrected chi connectivity index (χ4v) is 6.60. The van der Waals surface area contributed by atoms with E-state index in [-0.39, 0.29) is 42.6 Å². The number of aliphatic hydroxyl groups excluding tert-OH is 2. The number of amides is 2. The van der Waals surface area contributed by atoms with Gasteiger partial charge in [-0.15, -0.1) is 0 Å². The van der Waals surface area contributed by atoms with Crippen LogP contribution in [0.3, 0.4) is 0 Å². The van der Waals surface area contributed by atoms with Crippen molar-refractivity contribution >= 4 is 29.1 Å². The first-order chi connectivity index (χ1) is 18.9. The number of carbonyl (C=O) groups excluding carboxylic acids is 4. The Balaban J connectivity index is 1.66. The average molecular weight is 559 g/mol. The van der Waals surface area contributed by atoms with Crippen molar-refractivity contribution in [3.63, 3.8) is 0 Å². The van der Waals surface area contributed by atoms with E-state index in [1.54, 1.807) is 6.92 Å². The van der Waals surface area contributed by atoms with Crippen LogP contribution in [-0.4, -0.2) is 74.6 Å². The van der Waals surface area contributed by atoms with E-state index in [1.807, 2.05) is 6.92 Å². The molecule has 0 saturated heterocycles. The van der Waals surface area contributed by atoms with Gasteiger partial charge in [-0.2, -0.15) is 0 Å². The molecule has 0 fully saturated rings. The zero-order valence-electron chi connectivity index (χ0n) is 21.9. The van der Waals surface area contributed by atoms with Crippen molar-refractivity contribution in [1.82, 2.24) is 10.6 Å². The number of phenolic OH excluding ortho intramolecular Hbond substituents is 1. The van der Waals surface area contributed by atoms with Crippen LogP contribution in [0.15, 0.2) is 22.7 Å². The van der Waals surface area contributed by atoms with Crippen LogP contribution in [0, 0.1) is 17.7 Å². The number of Topliss-reactive ketones (excluding diaryl/α,β-unsaturated/α-hetero) is 2. The topological polar surface area (TPSA) is 211 Å². The third-order valence-corrected chi connectivity index (χ3v) is 8.44. The normalized spacial score (nSPS) is 29.4. The first-order valence-electron chi connectivity index (χ1n) is 13.2. The van der Waals surface area contributed by atoms with Crippen molar-refractivity contribution in [3.8, 4) is 5.75 Å². The second-order valence-electron chi connectivity index (χ2n) is 10.7. The van der Waals surface area contributed by atoms with Gasteiger partial charge in [-0.25, -0.2) is 4.39 Å². The van der Waals surface area contributed by atoms with Crippen LogP contribution in [0.25, 0.3) is 0 Å². The summed E-state index contributed by atoms with van der Waals surface area (Å²) in [6.45, 7) is 4.33. The fraction of sp³-hybridized carbons (Fsp3) is 0.481. The van der Waals surface area contributed by atoms with Gasteiger partial charge in [-0.1, -0.05) is 13.8 Å². The number of carbonyl (C=O) groups is 4. The lowest BCUT2D eigenvalue weighted by molar-refractivity contribution is -0.146. The molecule has 40 heavy (non-hydrogen) atoms. The largest absolute Gasteiger partial charge is 0.510 e. The van der Waals surface area contributed by atoms with E-state index >= 15 is 4.39 Å². The highest BCUT2D eigenvalue weighted by Crippen LogP contribution is 2.53. The molecular formula is C27H31FN4O8. The van der Waals surface area contributed by atoms with E-state index < -0.39 is 92.7 Å². The Morgan fingerprint density at radius 3 is 2.45 bits per heavy atom. The molecule has 2 amide bonds. The average Bonchev–Trinajstić information content (AvgIpc) is 2.90. The van der Waals surface area contributed by atoms with Gasteiger partial charge >= 0.3 is 0 Å². The summed E-state index contributed by atoms with van der Waals surface area (Å²) in [7, 11) is 0. The molecule has 5 rings (SSSR count). The molecule has 13 heteroatoms. The number of nitrogens with one attached hydrogen (secondary N) is 3. The van der Waals surface area contributed by atoms with Crippen LogP contribution >= 0.6 is 0 Å². The number of phenols is 1. The summed E-state index contributed by atoms with van der Waals surface area (Å²) < 4.78 is 16.0. The monoisotopic (exact) mass is 558 g/mol. The zero-order valence-corrected chi connectivity index (χ0v) is 21.9. The molecule has 4 aliphatic rings. The van der Waals surface area contributed by atoms with Gasteiger partial charge in [0, 0.05) is 29.0 Å². The molecule has 0 saturated carbocycles. The molecule has 1 aliphatic heterocycles. The standard InChI is InChI=1S/C27H31FN4O8/c1-3-5-31-13-8-11-17(28)10-6-9-7-12-19(30-4-2)22(35)16(25(29)38)24(37)27(12,40)23(36)14(9)20(33)15(10)21(34)18(11)32-26(13)39/h9,12-13,19,30-31,34-36,40H,3-8H2,1-2H3,(H2,29,38)(H,32,39)/t9-,12?,13?,19-,27-/m0/s1. The number of hydrogen-bond donors (Lipinski definition) is 8. The van der Waals surface area contributed by atoms with Crippen LogP contribution in [0.4, 0.5) is 10.1 Å². The second-order valence-corrected chi connectivity index (χ2v) is 10.7. The van der Waals surface area contributed by atoms with Crippen LogP contribution in [0.1, 0.15) is 48.2 Å². The molecule has 0 aromatic heterocycles. The Bertz CT molecular complexity index is 1440. The quantitative estimate of drug-likeness (QED) is 0.175. The van der Waals surface area contributed by atoms with Crippen molar-refractivity contribution in [2.45, 2.75) is 57.2 Å². The number of anilines is 1. The number of ketones is 2. The van der Waals surface area contributed by atoms with Gasteiger partial charge in [0.25, 0.3) is 5.91 Å². The predicted molar refractivity (Wildman–Crippen MR) is 138 cm³/mol. The highest BCUT2D eigenvalue weighted by Gasteiger charge is 2.63. The molecule has 12 nitrogen and oxygen atoms in total. The molecule has 9 N–H and O–H groups in total. The number of hydrogen-bond acceptors (Lipinski definition) is 10. The van der Waals surface area contributed by atoms with E-state index in [2.05, 4.69) is 16.0 Å². The van der Waals surface area contributed by atoms with Gasteiger partial charge < -0.3 is 42.1 Å². The van der Waals surface area contributed by atoms with E-state index in [0.29, 0.717) is 6.54 Å². The Kier molecular flexibility index (Phi) is 6.71. The van der Waals surface area contributed by atoms with Gasteiger partial charge in [0.15, 0.2) is 17.1 Å². The number of nitrogens with two attached hydrogens (primary N) is 1. The minimum absolute atomic E-state index is 0.0336. The minimum Gasteiger partial charge on any atom is -0.510 e. The number of likely N-dealkylation sites (N-methyl/N-ethyl adjacent to an activating group) is 1. The summed E-state index contributed by atoms with van der Waals surface area (Å²) in [6, 6.07) is -1.93. The van der Waals surface area contributed by atoms with Crippen molar-refractivity contribution in [1.29, 1.82) is 0 Å². The van der Waals surface area contributed by atoms with Gasteiger partial charge in [-0.3, -0.25) is 19.2 Å². The van der Waals surface area contributed by atoms with Gasteiger partial charge in [0.05, 0.1) is 23.3 Å². The van der Waals surface area contributed by atoms with E-state index in [9.17, 15) is 39.6 Å². The van der Waals surface area contributed by atoms with Crippen molar-refractivity contribution in [3.05, 3.63) is 45.2 Å². The Hall–Kier alpha value is -3.81. The number of allylic oxidation sites excluding steroid dienone is 1. The fourth-order valence-electron chi connectivity index (χ4n) is 6.60. The third kappa shape index (κ3) is 3.68. The molecular weight excluding hydrogens is 527 g/mol. The lowest BCUT2D eigenvalue weighted by Crippen LogP contribution is -2.64. The maximum absolute atomic E-state index is 16.0. The molecule has 3 aliphatic carbocycles. The number of primary amides is 1. The summed E-state index contributed by atoms with van der Waals surface area (Å²) in [5.74, 6) is -9.56. The number of aliphatic hydroxyl groups is 3. The van der Waals surface area contributed by atoms with Crippen LogP contribution in [0.5, 0.6) is 5.75 Å². The number of aromatic hydroxyl groups is 1. The molecule has 5 atom stereocenters.